The summed E-state index contributed by atoms with van der Waals surface area (Å²) in [6.45, 7) is 1.75. The Morgan fingerprint density at radius 3 is 2.79 bits per heavy atom. The van der Waals surface area contributed by atoms with Crippen LogP contribution in [0.1, 0.15) is 22.8 Å². The number of rotatable bonds is 3. The SMILES string of the molecule is CC1Oc2cc(C(=O)NCc3ccccc3F)ccc2N(C)C1=O. The van der Waals surface area contributed by atoms with E-state index in [2.05, 4.69) is 5.32 Å². The standard InChI is InChI=1S/C18H17FN2O3/c1-11-18(23)21(2)15-8-7-12(9-16(15)24-11)17(22)20-10-13-5-3-4-6-14(13)19/h3-9,11H,10H2,1-2H3,(H,20,22). The minimum Gasteiger partial charge on any atom is -0.479 e. The van der Waals surface area contributed by atoms with Gasteiger partial charge in [-0.1, -0.05) is 18.2 Å². The molecule has 1 heterocycles. The zero-order valence-electron chi connectivity index (χ0n) is 13.4. The fourth-order valence-electron chi connectivity index (χ4n) is 2.58. The normalized spacial score (nSPS) is 16.4. The molecule has 5 nitrogen and oxygen atoms in total. The van der Waals surface area contributed by atoms with E-state index in [1.807, 2.05) is 0 Å². The lowest BCUT2D eigenvalue weighted by atomic mass is 10.1. The molecule has 1 unspecified atom stereocenters. The second-order valence-corrected chi connectivity index (χ2v) is 5.61. The molecule has 1 N–H and O–H groups in total. The van der Waals surface area contributed by atoms with Crippen LogP contribution in [0, 0.1) is 5.82 Å². The van der Waals surface area contributed by atoms with Gasteiger partial charge in [-0.3, -0.25) is 9.59 Å². The van der Waals surface area contributed by atoms with Gasteiger partial charge >= 0.3 is 0 Å². The van der Waals surface area contributed by atoms with E-state index in [-0.39, 0.29) is 24.2 Å². The summed E-state index contributed by atoms with van der Waals surface area (Å²) in [5, 5.41) is 2.68. The Kier molecular flexibility index (Phi) is 4.20. The van der Waals surface area contributed by atoms with Gasteiger partial charge in [0.1, 0.15) is 11.6 Å². The highest BCUT2D eigenvalue weighted by atomic mass is 19.1. The Morgan fingerprint density at radius 2 is 2.04 bits per heavy atom. The van der Waals surface area contributed by atoms with Crippen molar-refractivity contribution >= 4 is 17.5 Å². The minimum atomic E-state index is -0.598. The molecule has 0 saturated carbocycles. The van der Waals surface area contributed by atoms with E-state index in [1.165, 1.54) is 11.0 Å². The van der Waals surface area contributed by atoms with E-state index in [0.717, 1.165) is 0 Å². The Morgan fingerprint density at radius 1 is 1.29 bits per heavy atom. The Bertz CT molecular complexity index is 807. The smallest absolute Gasteiger partial charge is 0.267 e. The van der Waals surface area contributed by atoms with Crippen LogP contribution in [0.25, 0.3) is 0 Å². The van der Waals surface area contributed by atoms with Crippen molar-refractivity contribution in [3.05, 3.63) is 59.4 Å². The molecular formula is C18H17FN2O3. The number of likely N-dealkylation sites (N-methyl/N-ethyl adjacent to an activating group) is 1. The van der Waals surface area contributed by atoms with Crippen molar-refractivity contribution < 1.29 is 18.7 Å². The van der Waals surface area contributed by atoms with Crippen molar-refractivity contribution in [3.8, 4) is 5.75 Å². The number of anilines is 1. The molecule has 3 rings (SSSR count). The summed E-state index contributed by atoms with van der Waals surface area (Å²) >= 11 is 0. The number of hydrogen-bond acceptors (Lipinski definition) is 3. The molecule has 0 saturated heterocycles. The first kappa shape index (κ1) is 16.0. The van der Waals surface area contributed by atoms with Crippen LogP contribution in [0.3, 0.4) is 0 Å². The van der Waals surface area contributed by atoms with E-state index in [4.69, 9.17) is 4.74 Å². The molecule has 0 bridgehead atoms. The van der Waals surface area contributed by atoms with Gasteiger partial charge in [-0.25, -0.2) is 4.39 Å². The third-order valence-corrected chi connectivity index (χ3v) is 3.96. The lowest BCUT2D eigenvalue weighted by molar-refractivity contribution is -0.125. The van der Waals surface area contributed by atoms with Crippen molar-refractivity contribution in [2.24, 2.45) is 0 Å². The lowest BCUT2D eigenvalue weighted by Crippen LogP contribution is -2.42. The molecule has 1 atom stereocenters. The van der Waals surface area contributed by atoms with Crippen LogP contribution in [0.2, 0.25) is 0 Å². The molecule has 6 heteroatoms. The van der Waals surface area contributed by atoms with Gasteiger partial charge in [0.25, 0.3) is 11.8 Å². The van der Waals surface area contributed by atoms with Crippen LogP contribution in [-0.4, -0.2) is 25.0 Å². The number of nitrogens with zero attached hydrogens (tertiary/aromatic N) is 1. The fraction of sp³-hybridized carbons (Fsp3) is 0.222. The van der Waals surface area contributed by atoms with Gasteiger partial charge in [-0.15, -0.1) is 0 Å². The van der Waals surface area contributed by atoms with E-state index in [1.54, 1.807) is 50.4 Å². The van der Waals surface area contributed by atoms with Gasteiger partial charge in [0.15, 0.2) is 6.10 Å². The highest BCUT2D eigenvalue weighted by molar-refractivity contribution is 6.01. The molecule has 0 aromatic heterocycles. The molecule has 1 aliphatic rings. The number of fused-ring (bicyclic) bond motifs is 1. The molecule has 0 fully saturated rings. The highest BCUT2D eigenvalue weighted by Crippen LogP contribution is 2.33. The monoisotopic (exact) mass is 328 g/mol. The van der Waals surface area contributed by atoms with Crippen molar-refractivity contribution in [1.82, 2.24) is 5.32 Å². The summed E-state index contributed by atoms with van der Waals surface area (Å²) in [7, 11) is 1.66. The van der Waals surface area contributed by atoms with Crippen LogP contribution in [0.15, 0.2) is 42.5 Å². The molecule has 2 aromatic rings. The van der Waals surface area contributed by atoms with Gasteiger partial charge in [0.2, 0.25) is 0 Å². The summed E-state index contributed by atoms with van der Waals surface area (Å²) in [5.41, 5.74) is 1.42. The molecule has 0 spiro atoms. The maximum absolute atomic E-state index is 13.6. The average molecular weight is 328 g/mol. The predicted molar refractivity (Wildman–Crippen MR) is 87.5 cm³/mol. The second kappa shape index (κ2) is 6.31. The summed E-state index contributed by atoms with van der Waals surface area (Å²) in [6, 6.07) is 11.1. The molecule has 2 amide bonds. The number of nitrogens with one attached hydrogen (secondary N) is 1. The first-order valence-corrected chi connectivity index (χ1v) is 7.57. The number of halogens is 1. The number of benzene rings is 2. The van der Waals surface area contributed by atoms with E-state index >= 15 is 0 Å². The maximum Gasteiger partial charge on any atom is 0.267 e. The third kappa shape index (κ3) is 2.95. The van der Waals surface area contributed by atoms with Gasteiger partial charge in [0, 0.05) is 24.7 Å². The van der Waals surface area contributed by atoms with Gasteiger partial charge in [0.05, 0.1) is 5.69 Å². The van der Waals surface area contributed by atoms with Crippen LogP contribution in [0.5, 0.6) is 5.75 Å². The molecule has 0 aliphatic carbocycles. The van der Waals surface area contributed by atoms with Gasteiger partial charge in [-0.2, -0.15) is 0 Å². The average Bonchev–Trinajstić information content (AvgIpc) is 2.58. The van der Waals surface area contributed by atoms with Crippen molar-refractivity contribution in [2.75, 3.05) is 11.9 Å². The minimum absolute atomic E-state index is 0.0955. The predicted octanol–water partition coefficient (Wildman–Crippen LogP) is 2.50. The number of carbonyl (C=O) groups excluding carboxylic acids is 2. The van der Waals surface area contributed by atoms with Crippen LogP contribution in [-0.2, 0) is 11.3 Å². The topological polar surface area (TPSA) is 58.6 Å². The van der Waals surface area contributed by atoms with Gasteiger partial charge < -0.3 is 15.0 Å². The van der Waals surface area contributed by atoms with Crippen molar-refractivity contribution in [1.29, 1.82) is 0 Å². The highest BCUT2D eigenvalue weighted by Gasteiger charge is 2.29. The summed E-state index contributed by atoms with van der Waals surface area (Å²) in [6.07, 6.45) is -0.598. The number of hydrogen-bond donors (Lipinski definition) is 1. The molecule has 24 heavy (non-hydrogen) atoms. The summed E-state index contributed by atoms with van der Waals surface area (Å²) in [5.74, 6) is -0.361. The molecule has 1 aliphatic heterocycles. The second-order valence-electron chi connectivity index (χ2n) is 5.61. The molecule has 2 aromatic carbocycles. The van der Waals surface area contributed by atoms with Crippen molar-refractivity contribution in [3.63, 3.8) is 0 Å². The quantitative estimate of drug-likeness (QED) is 0.942. The largest absolute Gasteiger partial charge is 0.479 e. The zero-order valence-corrected chi connectivity index (χ0v) is 13.4. The number of ether oxygens (including phenoxy) is 1. The van der Waals surface area contributed by atoms with Crippen LogP contribution >= 0.6 is 0 Å². The summed E-state index contributed by atoms with van der Waals surface area (Å²) < 4.78 is 19.1. The number of amides is 2. The third-order valence-electron chi connectivity index (χ3n) is 3.96. The maximum atomic E-state index is 13.6. The first-order chi connectivity index (χ1) is 11.5. The zero-order chi connectivity index (χ0) is 17.3. The molecular weight excluding hydrogens is 311 g/mol. The lowest BCUT2D eigenvalue weighted by Gasteiger charge is -2.30. The van der Waals surface area contributed by atoms with Gasteiger partial charge in [-0.05, 0) is 31.2 Å². The fourth-order valence-corrected chi connectivity index (χ4v) is 2.58. The van der Waals surface area contributed by atoms with Crippen LogP contribution in [0.4, 0.5) is 10.1 Å². The molecule has 124 valence electrons. The van der Waals surface area contributed by atoms with Crippen molar-refractivity contribution in [2.45, 2.75) is 19.6 Å². The Labute approximate surface area is 139 Å². The number of carbonyl (C=O) groups is 2. The Hall–Kier alpha value is -2.89. The summed E-state index contributed by atoms with van der Waals surface area (Å²) in [4.78, 5) is 25.7. The Balaban J connectivity index is 1.76. The molecule has 0 radical (unpaired) electrons. The van der Waals surface area contributed by atoms with E-state index < -0.39 is 6.10 Å². The van der Waals surface area contributed by atoms with Crippen LogP contribution < -0.4 is 15.0 Å². The van der Waals surface area contributed by atoms with E-state index in [9.17, 15) is 14.0 Å². The first-order valence-electron chi connectivity index (χ1n) is 7.57. The van der Waals surface area contributed by atoms with E-state index in [0.29, 0.717) is 22.6 Å².